The van der Waals surface area contributed by atoms with Gasteiger partial charge in [0.1, 0.15) is 0 Å². The minimum Gasteiger partial charge on any atom is -0.389 e. The highest BCUT2D eigenvalue weighted by Gasteiger charge is 2.33. The molecule has 1 unspecified atom stereocenters. The summed E-state index contributed by atoms with van der Waals surface area (Å²) in [6.45, 7) is 3.09. The summed E-state index contributed by atoms with van der Waals surface area (Å²) >= 11 is 1.78. The zero-order valence-corrected chi connectivity index (χ0v) is 12.4. The smallest absolute Gasteiger partial charge is 0.0968 e. The standard InChI is InChI=1S/C15H24N2OS/c18-15(6-2-1-3-7-15)12-17-9-4-5-13(11-17)14-16-8-10-19-14/h8,10,13,18H,1-7,9,11-12H2. The van der Waals surface area contributed by atoms with Gasteiger partial charge in [-0.2, -0.15) is 0 Å². The van der Waals surface area contributed by atoms with Gasteiger partial charge in [0, 0.05) is 30.6 Å². The van der Waals surface area contributed by atoms with Crippen molar-refractivity contribution in [2.24, 2.45) is 0 Å². The lowest BCUT2D eigenvalue weighted by Gasteiger charge is -2.40. The molecule has 1 saturated carbocycles. The van der Waals surface area contributed by atoms with Crippen LogP contribution in [0.15, 0.2) is 11.6 Å². The number of rotatable bonds is 3. The lowest BCUT2D eigenvalue weighted by atomic mass is 9.84. The molecule has 3 nitrogen and oxygen atoms in total. The Labute approximate surface area is 119 Å². The molecule has 0 amide bonds. The zero-order chi connectivity index (χ0) is 13.1. The van der Waals surface area contributed by atoms with E-state index in [1.807, 2.05) is 6.20 Å². The Bertz CT molecular complexity index is 387. The lowest BCUT2D eigenvalue weighted by molar-refractivity contribution is -0.0313. The van der Waals surface area contributed by atoms with Crippen molar-refractivity contribution in [3.05, 3.63) is 16.6 Å². The number of aliphatic hydroxyl groups is 1. The second kappa shape index (κ2) is 5.90. The third-order valence-electron chi connectivity index (χ3n) is 4.61. The number of piperidine rings is 1. The van der Waals surface area contributed by atoms with Gasteiger partial charge in [0.2, 0.25) is 0 Å². The Morgan fingerprint density at radius 1 is 1.32 bits per heavy atom. The molecule has 2 heterocycles. The maximum absolute atomic E-state index is 10.7. The number of β-amino-alcohol motifs (C(OH)–C–C–N with tert-alkyl or cyclic N) is 1. The van der Waals surface area contributed by atoms with Crippen LogP contribution in [-0.2, 0) is 0 Å². The van der Waals surface area contributed by atoms with E-state index in [9.17, 15) is 5.11 Å². The minimum atomic E-state index is -0.414. The number of thiazole rings is 1. The van der Waals surface area contributed by atoms with Crippen molar-refractivity contribution in [1.82, 2.24) is 9.88 Å². The summed E-state index contributed by atoms with van der Waals surface area (Å²) in [7, 11) is 0. The summed E-state index contributed by atoms with van der Waals surface area (Å²) in [6, 6.07) is 0. The summed E-state index contributed by atoms with van der Waals surface area (Å²) in [4.78, 5) is 6.94. The van der Waals surface area contributed by atoms with Crippen LogP contribution in [0.5, 0.6) is 0 Å². The zero-order valence-electron chi connectivity index (χ0n) is 11.6. The van der Waals surface area contributed by atoms with E-state index in [0.29, 0.717) is 5.92 Å². The van der Waals surface area contributed by atoms with Crippen molar-refractivity contribution in [3.63, 3.8) is 0 Å². The molecular weight excluding hydrogens is 256 g/mol. The first-order chi connectivity index (χ1) is 9.25. The van der Waals surface area contributed by atoms with Crippen LogP contribution in [0.25, 0.3) is 0 Å². The van der Waals surface area contributed by atoms with Gasteiger partial charge in [-0.25, -0.2) is 4.98 Å². The average Bonchev–Trinajstić information content (AvgIpc) is 2.93. The summed E-state index contributed by atoms with van der Waals surface area (Å²) < 4.78 is 0. The Hall–Kier alpha value is -0.450. The fourth-order valence-corrected chi connectivity index (χ4v) is 4.39. The van der Waals surface area contributed by atoms with Crippen LogP contribution in [0.3, 0.4) is 0 Å². The molecular formula is C15H24N2OS. The van der Waals surface area contributed by atoms with Gasteiger partial charge in [-0.15, -0.1) is 11.3 Å². The molecule has 3 rings (SSSR count). The average molecular weight is 280 g/mol. The Morgan fingerprint density at radius 2 is 2.16 bits per heavy atom. The van der Waals surface area contributed by atoms with Crippen molar-refractivity contribution in [2.45, 2.75) is 56.5 Å². The van der Waals surface area contributed by atoms with Gasteiger partial charge in [-0.3, -0.25) is 4.90 Å². The van der Waals surface area contributed by atoms with E-state index < -0.39 is 5.60 Å². The Balaban J connectivity index is 1.59. The molecule has 19 heavy (non-hydrogen) atoms. The summed E-state index contributed by atoms with van der Waals surface area (Å²) in [5.74, 6) is 0.584. The Kier molecular flexibility index (Phi) is 4.20. The highest BCUT2D eigenvalue weighted by molar-refractivity contribution is 7.09. The van der Waals surface area contributed by atoms with Crippen molar-refractivity contribution in [3.8, 4) is 0 Å². The minimum absolute atomic E-state index is 0.414. The van der Waals surface area contributed by atoms with Gasteiger partial charge in [0.25, 0.3) is 0 Å². The number of nitrogens with zero attached hydrogens (tertiary/aromatic N) is 2. The third-order valence-corrected chi connectivity index (χ3v) is 5.55. The van der Waals surface area contributed by atoms with Crippen LogP contribution in [0.4, 0.5) is 0 Å². The molecule has 1 aromatic rings. The molecule has 0 radical (unpaired) electrons. The van der Waals surface area contributed by atoms with Crippen LogP contribution in [-0.4, -0.2) is 40.2 Å². The van der Waals surface area contributed by atoms with Crippen LogP contribution < -0.4 is 0 Å². The SMILES string of the molecule is OC1(CN2CCCC(c3nccs3)C2)CCCCC1. The molecule has 1 N–H and O–H groups in total. The molecule has 0 spiro atoms. The predicted octanol–water partition coefficient (Wildman–Crippen LogP) is 3.02. The second-order valence-electron chi connectivity index (χ2n) is 6.23. The number of likely N-dealkylation sites (tertiary alicyclic amines) is 1. The third kappa shape index (κ3) is 3.36. The van der Waals surface area contributed by atoms with Crippen LogP contribution in [0.1, 0.15) is 55.9 Å². The molecule has 1 aliphatic heterocycles. The molecule has 2 fully saturated rings. The maximum atomic E-state index is 10.7. The highest BCUT2D eigenvalue weighted by Crippen LogP contribution is 2.32. The number of hydrogen-bond donors (Lipinski definition) is 1. The molecule has 1 saturated heterocycles. The molecule has 4 heteroatoms. The maximum Gasteiger partial charge on any atom is 0.0968 e. The molecule has 1 atom stereocenters. The van der Waals surface area contributed by atoms with E-state index >= 15 is 0 Å². The van der Waals surface area contributed by atoms with Gasteiger partial charge < -0.3 is 5.11 Å². The van der Waals surface area contributed by atoms with Crippen LogP contribution >= 0.6 is 11.3 Å². The van der Waals surface area contributed by atoms with Gasteiger partial charge in [-0.1, -0.05) is 19.3 Å². The van der Waals surface area contributed by atoms with E-state index in [-0.39, 0.29) is 0 Å². The van der Waals surface area contributed by atoms with Crippen LogP contribution in [0, 0.1) is 0 Å². The number of hydrogen-bond acceptors (Lipinski definition) is 4. The monoisotopic (exact) mass is 280 g/mol. The molecule has 106 valence electrons. The van der Waals surface area contributed by atoms with E-state index in [1.165, 1.54) is 37.1 Å². The fraction of sp³-hybridized carbons (Fsp3) is 0.800. The normalized spacial score (nSPS) is 28.4. The Morgan fingerprint density at radius 3 is 2.89 bits per heavy atom. The highest BCUT2D eigenvalue weighted by atomic mass is 32.1. The molecule has 1 aromatic heterocycles. The quantitative estimate of drug-likeness (QED) is 0.924. The number of aromatic nitrogens is 1. The van der Waals surface area contributed by atoms with Gasteiger partial charge >= 0.3 is 0 Å². The first-order valence-electron chi connectivity index (χ1n) is 7.59. The first kappa shape index (κ1) is 13.5. The van der Waals surface area contributed by atoms with E-state index in [2.05, 4.69) is 15.3 Å². The van der Waals surface area contributed by atoms with Gasteiger partial charge in [0.15, 0.2) is 0 Å². The first-order valence-corrected chi connectivity index (χ1v) is 8.47. The molecule has 2 aliphatic rings. The summed E-state index contributed by atoms with van der Waals surface area (Å²) in [5, 5.41) is 14.0. The van der Waals surface area contributed by atoms with Crippen LogP contribution in [0.2, 0.25) is 0 Å². The molecule has 1 aliphatic carbocycles. The van der Waals surface area contributed by atoms with Gasteiger partial charge in [-0.05, 0) is 32.2 Å². The van der Waals surface area contributed by atoms with Crippen molar-refractivity contribution in [2.75, 3.05) is 19.6 Å². The summed E-state index contributed by atoms with van der Waals surface area (Å²) in [6.07, 6.45) is 10.1. The van der Waals surface area contributed by atoms with E-state index in [1.54, 1.807) is 11.3 Å². The van der Waals surface area contributed by atoms with E-state index in [0.717, 1.165) is 32.5 Å². The molecule has 0 bridgehead atoms. The molecule has 0 aromatic carbocycles. The lowest BCUT2D eigenvalue weighted by Crippen LogP contribution is -2.47. The topological polar surface area (TPSA) is 36.4 Å². The fourth-order valence-electron chi connectivity index (χ4n) is 3.62. The second-order valence-corrected chi connectivity index (χ2v) is 7.16. The summed E-state index contributed by atoms with van der Waals surface area (Å²) in [5.41, 5.74) is -0.414. The van der Waals surface area contributed by atoms with Crippen molar-refractivity contribution < 1.29 is 5.11 Å². The van der Waals surface area contributed by atoms with Crippen molar-refractivity contribution >= 4 is 11.3 Å². The van der Waals surface area contributed by atoms with E-state index in [4.69, 9.17) is 0 Å². The predicted molar refractivity (Wildman–Crippen MR) is 78.6 cm³/mol. The van der Waals surface area contributed by atoms with Gasteiger partial charge in [0.05, 0.1) is 10.6 Å². The van der Waals surface area contributed by atoms with Crippen molar-refractivity contribution in [1.29, 1.82) is 0 Å². The largest absolute Gasteiger partial charge is 0.389 e.